The van der Waals surface area contributed by atoms with Crippen LogP contribution >= 0.6 is 12.4 Å². The molecule has 0 spiro atoms. The summed E-state index contributed by atoms with van der Waals surface area (Å²) in [6.07, 6.45) is 1.73. The third-order valence-electron chi connectivity index (χ3n) is 4.40. The lowest BCUT2D eigenvalue weighted by Gasteiger charge is -2.27. The quantitative estimate of drug-likeness (QED) is 0.753. The van der Waals surface area contributed by atoms with E-state index in [0.717, 1.165) is 19.4 Å². The van der Waals surface area contributed by atoms with Crippen LogP contribution in [0.1, 0.15) is 12.8 Å². The molecule has 2 aliphatic heterocycles. The Hall–Kier alpha value is -1.39. The van der Waals surface area contributed by atoms with Gasteiger partial charge in [0.2, 0.25) is 15.9 Å². The molecule has 2 N–H and O–H groups in total. The molecule has 0 aliphatic carbocycles. The number of sulfonamides is 1. The van der Waals surface area contributed by atoms with Crippen molar-refractivity contribution in [2.45, 2.75) is 23.8 Å². The van der Waals surface area contributed by atoms with Gasteiger partial charge in [-0.05, 0) is 37.6 Å². The second-order valence-electron chi connectivity index (χ2n) is 6.02. The number of amides is 1. The fourth-order valence-electron chi connectivity index (χ4n) is 3.02. The van der Waals surface area contributed by atoms with Crippen LogP contribution in [0.4, 0.5) is 5.69 Å². The molecule has 1 amide bonds. The highest BCUT2D eigenvalue weighted by Crippen LogP contribution is 2.30. The highest BCUT2D eigenvalue weighted by Gasteiger charge is 2.30. The molecule has 2 saturated heterocycles. The summed E-state index contributed by atoms with van der Waals surface area (Å²) in [5, 5.41) is 5.90. The molecule has 1 atom stereocenters. The average Bonchev–Trinajstić information content (AvgIpc) is 3.17. The van der Waals surface area contributed by atoms with Crippen LogP contribution < -0.4 is 15.4 Å². The average molecular weight is 406 g/mol. The highest BCUT2D eigenvalue weighted by atomic mass is 35.5. The van der Waals surface area contributed by atoms with Crippen LogP contribution in [0, 0.1) is 0 Å². The van der Waals surface area contributed by atoms with Gasteiger partial charge in [-0.1, -0.05) is 0 Å². The first-order valence-electron chi connectivity index (χ1n) is 8.32. The highest BCUT2D eigenvalue weighted by molar-refractivity contribution is 7.89. The summed E-state index contributed by atoms with van der Waals surface area (Å²) in [5.74, 6) is 0.0980. The van der Waals surface area contributed by atoms with Crippen molar-refractivity contribution in [3.05, 3.63) is 18.2 Å². The zero-order valence-corrected chi connectivity index (χ0v) is 16.2. The molecule has 0 bridgehead atoms. The van der Waals surface area contributed by atoms with E-state index in [1.54, 1.807) is 12.1 Å². The number of nitrogens with one attached hydrogen (secondary N) is 2. The lowest BCUT2D eigenvalue weighted by molar-refractivity contribution is -0.117. The Labute approximate surface area is 159 Å². The maximum Gasteiger partial charge on any atom is 0.246 e. The van der Waals surface area contributed by atoms with Crippen LogP contribution in [0.25, 0.3) is 0 Å². The summed E-state index contributed by atoms with van der Waals surface area (Å²) < 4.78 is 37.7. The Morgan fingerprint density at radius 3 is 2.69 bits per heavy atom. The largest absolute Gasteiger partial charge is 0.495 e. The molecule has 10 heteroatoms. The number of hydrogen-bond acceptors (Lipinski definition) is 6. The second kappa shape index (κ2) is 9.01. The Morgan fingerprint density at radius 2 is 2.08 bits per heavy atom. The third kappa shape index (κ3) is 4.47. The molecule has 3 rings (SSSR count). The molecular formula is C16H24ClN3O5S. The van der Waals surface area contributed by atoms with Gasteiger partial charge in [0.25, 0.3) is 0 Å². The Morgan fingerprint density at radius 1 is 1.35 bits per heavy atom. The first-order chi connectivity index (χ1) is 12.0. The number of rotatable bonds is 5. The summed E-state index contributed by atoms with van der Waals surface area (Å²) in [4.78, 5) is 12.3. The van der Waals surface area contributed by atoms with Crippen LogP contribution in [0.2, 0.25) is 0 Å². The van der Waals surface area contributed by atoms with Crippen LogP contribution in [0.3, 0.4) is 0 Å². The Kier molecular flexibility index (Phi) is 7.24. The van der Waals surface area contributed by atoms with Crippen molar-refractivity contribution in [1.82, 2.24) is 9.62 Å². The monoisotopic (exact) mass is 405 g/mol. The van der Waals surface area contributed by atoms with Crippen LogP contribution in [0.5, 0.6) is 5.75 Å². The fraction of sp³-hybridized carbons (Fsp3) is 0.562. The first-order valence-corrected chi connectivity index (χ1v) is 9.76. The van der Waals surface area contributed by atoms with E-state index in [9.17, 15) is 13.2 Å². The van der Waals surface area contributed by atoms with E-state index in [0.29, 0.717) is 32.0 Å². The number of hydrogen-bond donors (Lipinski definition) is 2. The van der Waals surface area contributed by atoms with Gasteiger partial charge >= 0.3 is 0 Å². The molecular weight excluding hydrogens is 382 g/mol. The molecule has 1 unspecified atom stereocenters. The first kappa shape index (κ1) is 20.9. The topological polar surface area (TPSA) is 97.0 Å². The second-order valence-corrected chi connectivity index (χ2v) is 7.93. The number of methoxy groups -OCH3 is 1. The SMILES string of the molecule is COc1ccc(NC(=O)C2CCCN2)cc1S(=O)(=O)N1CCOCC1.Cl. The molecule has 0 aromatic heterocycles. The number of halogens is 1. The van der Waals surface area contributed by atoms with Crippen molar-refractivity contribution < 1.29 is 22.7 Å². The normalized spacial score (nSPS) is 21.0. The minimum atomic E-state index is -3.72. The summed E-state index contributed by atoms with van der Waals surface area (Å²) in [5.41, 5.74) is 0.436. The molecule has 0 saturated carbocycles. The van der Waals surface area contributed by atoms with Gasteiger partial charge in [-0.15, -0.1) is 12.4 Å². The van der Waals surface area contributed by atoms with Gasteiger partial charge in [-0.25, -0.2) is 8.42 Å². The summed E-state index contributed by atoms with van der Waals surface area (Å²) in [6.45, 7) is 2.15. The number of morpholine rings is 1. The summed E-state index contributed by atoms with van der Waals surface area (Å²) >= 11 is 0. The summed E-state index contributed by atoms with van der Waals surface area (Å²) in [7, 11) is -2.30. The van der Waals surface area contributed by atoms with E-state index < -0.39 is 10.0 Å². The lowest BCUT2D eigenvalue weighted by Crippen LogP contribution is -2.40. The maximum absolute atomic E-state index is 12.9. The number of anilines is 1. The molecule has 2 aliphatic rings. The van der Waals surface area contributed by atoms with Gasteiger partial charge < -0.3 is 20.1 Å². The molecule has 8 nitrogen and oxygen atoms in total. The van der Waals surface area contributed by atoms with Crippen LogP contribution in [-0.4, -0.2) is 64.6 Å². The van der Waals surface area contributed by atoms with Crippen molar-refractivity contribution in [3.63, 3.8) is 0 Å². The Bertz CT molecular complexity index is 731. The fourth-order valence-corrected chi connectivity index (χ4v) is 4.61. The lowest BCUT2D eigenvalue weighted by atomic mass is 10.2. The van der Waals surface area contributed by atoms with Crippen LogP contribution in [0.15, 0.2) is 23.1 Å². The number of carbonyl (C=O) groups excluding carboxylic acids is 1. The van der Waals surface area contributed by atoms with Gasteiger partial charge in [0.1, 0.15) is 10.6 Å². The van der Waals surface area contributed by atoms with Gasteiger partial charge in [0, 0.05) is 18.8 Å². The van der Waals surface area contributed by atoms with Gasteiger partial charge in [-0.2, -0.15) is 4.31 Å². The zero-order valence-electron chi connectivity index (χ0n) is 14.6. The van der Waals surface area contributed by atoms with Crippen molar-refractivity contribution in [1.29, 1.82) is 0 Å². The maximum atomic E-state index is 12.9. The van der Waals surface area contributed by atoms with Crippen molar-refractivity contribution in [3.8, 4) is 5.75 Å². The molecule has 26 heavy (non-hydrogen) atoms. The van der Waals surface area contributed by atoms with Crippen LogP contribution in [-0.2, 0) is 19.6 Å². The minimum absolute atomic E-state index is 0. The number of carbonyl (C=O) groups is 1. The van der Waals surface area contributed by atoms with Crippen molar-refractivity contribution >= 4 is 34.0 Å². The van der Waals surface area contributed by atoms with Gasteiger partial charge in [0.15, 0.2) is 0 Å². The number of ether oxygens (including phenoxy) is 2. The van der Waals surface area contributed by atoms with Gasteiger partial charge in [0.05, 0.1) is 26.4 Å². The minimum Gasteiger partial charge on any atom is -0.495 e. The van der Waals surface area contributed by atoms with Crippen molar-refractivity contribution in [2.24, 2.45) is 0 Å². The molecule has 2 heterocycles. The third-order valence-corrected chi connectivity index (χ3v) is 6.32. The van der Waals surface area contributed by atoms with E-state index >= 15 is 0 Å². The predicted molar refractivity (Wildman–Crippen MR) is 99.5 cm³/mol. The van der Waals surface area contributed by atoms with Crippen molar-refractivity contribution in [2.75, 3.05) is 45.3 Å². The van der Waals surface area contributed by atoms with E-state index in [4.69, 9.17) is 9.47 Å². The standard InChI is InChI=1S/C16H23N3O5S.ClH/c1-23-14-5-4-12(18-16(20)13-3-2-6-17-13)11-15(14)25(21,22)19-7-9-24-10-8-19;/h4-5,11,13,17H,2-3,6-10H2,1H3,(H,18,20);1H. The predicted octanol–water partition coefficient (Wildman–Crippen LogP) is 0.828. The smallest absolute Gasteiger partial charge is 0.246 e. The van der Waals surface area contributed by atoms with Gasteiger partial charge in [-0.3, -0.25) is 4.79 Å². The Balaban J connectivity index is 0.00000243. The zero-order chi connectivity index (χ0) is 17.9. The number of benzene rings is 1. The molecule has 0 radical (unpaired) electrons. The molecule has 1 aromatic carbocycles. The number of nitrogens with zero attached hydrogens (tertiary/aromatic N) is 1. The van der Waals surface area contributed by atoms with E-state index in [1.807, 2.05) is 0 Å². The molecule has 146 valence electrons. The van der Waals surface area contributed by atoms with E-state index in [2.05, 4.69) is 10.6 Å². The van der Waals surface area contributed by atoms with E-state index in [-0.39, 0.29) is 35.0 Å². The molecule has 1 aromatic rings. The molecule has 2 fully saturated rings. The van der Waals surface area contributed by atoms with E-state index in [1.165, 1.54) is 17.5 Å². The summed E-state index contributed by atoms with van der Waals surface area (Å²) in [6, 6.07) is 4.42.